The Morgan fingerprint density at radius 3 is 2.42 bits per heavy atom. The lowest BCUT2D eigenvalue weighted by Gasteiger charge is -2.12. The summed E-state index contributed by atoms with van der Waals surface area (Å²) in [4.78, 5) is 11.9. The molecule has 0 saturated heterocycles. The van der Waals surface area contributed by atoms with Crippen molar-refractivity contribution >= 4 is 37.6 Å². The Morgan fingerprint density at radius 2 is 1.84 bits per heavy atom. The molecule has 0 aliphatic carbocycles. The van der Waals surface area contributed by atoms with Gasteiger partial charge in [0.15, 0.2) is 5.78 Å². The zero-order valence-corrected chi connectivity index (χ0v) is 13.2. The van der Waals surface area contributed by atoms with Gasteiger partial charge in [0, 0.05) is 21.8 Å². The van der Waals surface area contributed by atoms with Crippen molar-refractivity contribution in [2.45, 2.75) is 31.9 Å². The molecule has 0 aliphatic rings. The van der Waals surface area contributed by atoms with E-state index >= 15 is 0 Å². The Hall–Kier alpha value is -0.360. The van der Waals surface area contributed by atoms with Crippen LogP contribution in [0.2, 0.25) is 0 Å². The summed E-state index contributed by atoms with van der Waals surface area (Å²) in [6.45, 7) is 0. The van der Waals surface area contributed by atoms with Crippen molar-refractivity contribution in [3.05, 3.63) is 33.8 Å². The zero-order chi connectivity index (χ0) is 14.5. The van der Waals surface area contributed by atoms with Gasteiger partial charge < -0.3 is 0 Å². The van der Waals surface area contributed by atoms with Crippen LogP contribution in [-0.2, 0) is 6.18 Å². The third-order valence-corrected chi connectivity index (χ3v) is 3.68. The van der Waals surface area contributed by atoms with Gasteiger partial charge in [0.2, 0.25) is 0 Å². The Kier molecular flexibility index (Phi) is 6.53. The maximum atomic E-state index is 12.9. The molecule has 1 rings (SSSR count). The largest absolute Gasteiger partial charge is 0.417 e. The van der Waals surface area contributed by atoms with Crippen LogP contribution in [0.3, 0.4) is 0 Å². The van der Waals surface area contributed by atoms with Crippen molar-refractivity contribution in [1.82, 2.24) is 0 Å². The molecule has 19 heavy (non-hydrogen) atoms. The number of Topliss-reactive ketones (excluding diaryl/α,β-unsaturated/α-hetero) is 1. The number of rotatable bonds is 6. The molecule has 6 heteroatoms. The molecule has 0 spiro atoms. The summed E-state index contributed by atoms with van der Waals surface area (Å²) < 4.78 is 38.9. The van der Waals surface area contributed by atoms with Gasteiger partial charge in [-0.05, 0) is 31.0 Å². The number of benzene rings is 1. The smallest absolute Gasteiger partial charge is 0.294 e. The van der Waals surface area contributed by atoms with Gasteiger partial charge in [0.25, 0.3) is 0 Å². The van der Waals surface area contributed by atoms with Crippen LogP contribution in [0.15, 0.2) is 22.7 Å². The van der Waals surface area contributed by atoms with Crippen LogP contribution in [0.4, 0.5) is 13.2 Å². The van der Waals surface area contributed by atoms with Crippen molar-refractivity contribution in [3.63, 3.8) is 0 Å². The first kappa shape index (κ1) is 16.7. The number of halogens is 5. The van der Waals surface area contributed by atoms with Gasteiger partial charge in [-0.2, -0.15) is 13.2 Å². The van der Waals surface area contributed by atoms with E-state index < -0.39 is 17.5 Å². The first-order valence-electron chi connectivity index (χ1n) is 5.82. The second-order valence-corrected chi connectivity index (χ2v) is 5.82. The predicted octanol–water partition coefficient (Wildman–Crippen LogP) is 5.61. The van der Waals surface area contributed by atoms with Gasteiger partial charge in [-0.3, -0.25) is 4.79 Å². The monoisotopic (exact) mass is 400 g/mol. The van der Waals surface area contributed by atoms with Crippen LogP contribution in [-0.4, -0.2) is 11.1 Å². The van der Waals surface area contributed by atoms with E-state index in [4.69, 9.17) is 0 Å². The second kappa shape index (κ2) is 7.43. The molecule has 0 fully saturated rings. The van der Waals surface area contributed by atoms with Crippen molar-refractivity contribution in [2.75, 3.05) is 5.33 Å². The maximum Gasteiger partial charge on any atom is 0.417 e. The third kappa shape index (κ3) is 5.26. The maximum absolute atomic E-state index is 12.9. The van der Waals surface area contributed by atoms with E-state index in [2.05, 4.69) is 31.9 Å². The Balaban J connectivity index is 2.85. The lowest BCUT2D eigenvalue weighted by Crippen LogP contribution is -2.13. The Labute approximate surface area is 126 Å². The molecule has 0 radical (unpaired) electrons. The summed E-state index contributed by atoms with van der Waals surface area (Å²) in [5.41, 5.74) is -1.11. The molecule has 1 aromatic carbocycles. The van der Waals surface area contributed by atoms with Gasteiger partial charge in [0.1, 0.15) is 0 Å². The molecule has 1 aromatic rings. The van der Waals surface area contributed by atoms with E-state index in [9.17, 15) is 18.0 Å². The minimum absolute atomic E-state index is 0.151. The highest BCUT2D eigenvalue weighted by Crippen LogP contribution is 2.34. The fourth-order valence-electron chi connectivity index (χ4n) is 1.69. The number of alkyl halides is 4. The van der Waals surface area contributed by atoms with Crippen LogP contribution in [0.5, 0.6) is 0 Å². The normalized spacial score (nSPS) is 11.6. The lowest BCUT2D eigenvalue weighted by atomic mass is 9.99. The van der Waals surface area contributed by atoms with Crippen molar-refractivity contribution in [1.29, 1.82) is 0 Å². The van der Waals surface area contributed by atoms with E-state index in [1.54, 1.807) is 0 Å². The molecular formula is C13H13Br2F3O. The number of ketones is 1. The zero-order valence-electron chi connectivity index (χ0n) is 10.1. The molecule has 0 bridgehead atoms. The number of hydrogen-bond donors (Lipinski definition) is 0. The molecule has 0 heterocycles. The molecule has 1 nitrogen and oxygen atoms in total. The highest BCUT2D eigenvalue weighted by atomic mass is 79.9. The summed E-state index contributed by atoms with van der Waals surface area (Å²) in [6, 6.07) is 3.65. The van der Waals surface area contributed by atoms with Gasteiger partial charge in [0.05, 0.1) is 5.56 Å². The highest BCUT2D eigenvalue weighted by Gasteiger charge is 2.35. The van der Waals surface area contributed by atoms with Crippen LogP contribution >= 0.6 is 31.9 Å². The molecule has 0 saturated carbocycles. The van der Waals surface area contributed by atoms with Crippen molar-refractivity contribution in [3.8, 4) is 0 Å². The Morgan fingerprint density at radius 1 is 1.16 bits per heavy atom. The van der Waals surface area contributed by atoms with Gasteiger partial charge in [-0.25, -0.2) is 0 Å². The van der Waals surface area contributed by atoms with Crippen LogP contribution in [0, 0.1) is 0 Å². The molecule has 0 aliphatic heterocycles. The number of unbranched alkanes of at least 4 members (excludes halogenated alkanes) is 2. The fraction of sp³-hybridized carbons (Fsp3) is 0.462. The average molecular weight is 402 g/mol. The topological polar surface area (TPSA) is 17.1 Å². The highest BCUT2D eigenvalue weighted by molar-refractivity contribution is 9.10. The quantitative estimate of drug-likeness (QED) is 0.344. The molecule has 0 amide bonds. The number of carbonyl (C=O) groups excluding carboxylic acids is 1. The Bertz CT molecular complexity index is 444. The minimum Gasteiger partial charge on any atom is -0.294 e. The van der Waals surface area contributed by atoms with E-state index in [1.807, 2.05) is 0 Å². The number of carbonyl (C=O) groups is 1. The summed E-state index contributed by atoms with van der Waals surface area (Å²) in [5.74, 6) is -0.450. The summed E-state index contributed by atoms with van der Waals surface area (Å²) in [5, 5.41) is 0.841. The summed E-state index contributed by atoms with van der Waals surface area (Å²) in [6.07, 6.45) is -2.01. The van der Waals surface area contributed by atoms with Crippen molar-refractivity contribution < 1.29 is 18.0 Å². The number of hydrogen-bond acceptors (Lipinski definition) is 1. The molecular weight excluding hydrogens is 389 g/mol. The minimum atomic E-state index is -4.51. The van der Waals surface area contributed by atoms with E-state index in [-0.39, 0.29) is 12.0 Å². The van der Waals surface area contributed by atoms with Crippen molar-refractivity contribution in [2.24, 2.45) is 0 Å². The lowest BCUT2D eigenvalue weighted by molar-refractivity contribution is -0.138. The molecule has 0 unspecified atom stereocenters. The summed E-state index contributed by atoms with van der Waals surface area (Å²) in [7, 11) is 0. The SMILES string of the molecule is O=C(CCCCCBr)c1ccc(Br)cc1C(F)(F)F. The van der Waals surface area contributed by atoms with E-state index in [0.29, 0.717) is 10.9 Å². The van der Waals surface area contributed by atoms with Crippen LogP contribution < -0.4 is 0 Å². The molecule has 0 N–H and O–H groups in total. The fourth-order valence-corrected chi connectivity index (χ4v) is 2.44. The third-order valence-electron chi connectivity index (χ3n) is 2.62. The molecule has 106 valence electrons. The van der Waals surface area contributed by atoms with Crippen LogP contribution in [0.25, 0.3) is 0 Å². The standard InChI is InChI=1S/C13H13Br2F3O/c14-7-3-1-2-4-12(19)10-6-5-9(15)8-11(10)13(16,17)18/h5-6,8H,1-4,7H2. The van der Waals surface area contributed by atoms with Gasteiger partial charge >= 0.3 is 6.18 Å². The first-order chi connectivity index (χ1) is 8.86. The van der Waals surface area contributed by atoms with Gasteiger partial charge in [-0.1, -0.05) is 38.3 Å². The second-order valence-electron chi connectivity index (χ2n) is 4.11. The predicted molar refractivity (Wildman–Crippen MR) is 75.7 cm³/mol. The van der Waals surface area contributed by atoms with Gasteiger partial charge in [-0.15, -0.1) is 0 Å². The molecule has 0 aromatic heterocycles. The average Bonchev–Trinajstić information content (AvgIpc) is 2.33. The molecule has 0 atom stereocenters. The van der Waals surface area contributed by atoms with Crippen LogP contribution in [0.1, 0.15) is 41.6 Å². The summed E-state index contributed by atoms with van der Waals surface area (Å²) >= 11 is 6.26. The van der Waals surface area contributed by atoms with E-state index in [1.165, 1.54) is 12.1 Å². The first-order valence-corrected chi connectivity index (χ1v) is 7.73. The van der Waals surface area contributed by atoms with E-state index in [0.717, 1.165) is 24.2 Å².